The number of hydrogen-bond acceptors (Lipinski definition) is 5. The molecule has 0 aliphatic rings. The van der Waals surface area contributed by atoms with Crippen LogP contribution in [-0.2, 0) is 16.2 Å². The van der Waals surface area contributed by atoms with Crippen molar-refractivity contribution in [3.63, 3.8) is 0 Å². The second kappa shape index (κ2) is 8.98. The molecular formula is C22H16F3N5O3S. The first kappa shape index (κ1) is 23.0. The van der Waals surface area contributed by atoms with Crippen LogP contribution < -0.4 is 10.0 Å². The Morgan fingerprint density at radius 2 is 1.56 bits per heavy atom. The largest absolute Gasteiger partial charge is 0.416 e. The van der Waals surface area contributed by atoms with Gasteiger partial charge >= 0.3 is 6.18 Å². The second-order valence-electron chi connectivity index (χ2n) is 7.01. The summed E-state index contributed by atoms with van der Waals surface area (Å²) in [5.74, 6) is -0.895. The summed E-state index contributed by atoms with van der Waals surface area (Å²) in [4.78, 5) is 20.2. The zero-order valence-electron chi connectivity index (χ0n) is 17.2. The number of halogens is 3. The summed E-state index contributed by atoms with van der Waals surface area (Å²) in [6.07, 6.45) is 1.22. The fourth-order valence-corrected chi connectivity index (χ4v) is 3.97. The molecule has 2 aromatic carbocycles. The second-order valence-corrected chi connectivity index (χ2v) is 8.70. The minimum atomic E-state index is -4.65. The van der Waals surface area contributed by atoms with E-state index in [2.05, 4.69) is 20.0 Å². The molecule has 0 aliphatic heterocycles. The van der Waals surface area contributed by atoms with Crippen LogP contribution in [0.2, 0.25) is 0 Å². The predicted octanol–water partition coefficient (Wildman–Crippen LogP) is 4.34. The maximum Gasteiger partial charge on any atom is 0.416 e. The van der Waals surface area contributed by atoms with Gasteiger partial charge in [-0.15, -0.1) is 0 Å². The Morgan fingerprint density at radius 1 is 0.912 bits per heavy atom. The first-order valence-corrected chi connectivity index (χ1v) is 11.2. The third-order valence-corrected chi connectivity index (χ3v) is 5.97. The summed E-state index contributed by atoms with van der Waals surface area (Å²) in [6.45, 7) is 0. The lowest BCUT2D eigenvalue weighted by Gasteiger charge is -2.13. The summed E-state index contributed by atoms with van der Waals surface area (Å²) < 4.78 is 68.7. The Labute approximate surface area is 192 Å². The van der Waals surface area contributed by atoms with E-state index < -0.39 is 27.7 Å². The molecule has 0 saturated carbocycles. The number of carbonyl (C=O) groups is 1. The molecular weight excluding hydrogens is 471 g/mol. The lowest BCUT2D eigenvalue weighted by molar-refractivity contribution is -0.137. The van der Waals surface area contributed by atoms with E-state index in [1.807, 2.05) is 0 Å². The standard InChI is InChI=1S/C22H16F3N5O3S/c23-22(24,25)16-12-15(13-18(14-16)30-10-1-2-11-30)20(31)28-17-4-6-19(7-5-17)34(32,33)29-21-26-8-3-9-27-21/h1-14H,(H,28,31)(H,26,27,29). The molecule has 2 heterocycles. The fourth-order valence-electron chi connectivity index (χ4n) is 3.01. The predicted molar refractivity (Wildman–Crippen MR) is 118 cm³/mol. The fraction of sp³-hybridized carbons (Fsp3) is 0.0455. The van der Waals surface area contributed by atoms with Crippen LogP contribution >= 0.6 is 0 Å². The molecule has 2 aromatic heterocycles. The zero-order valence-corrected chi connectivity index (χ0v) is 18.0. The monoisotopic (exact) mass is 487 g/mol. The van der Waals surface area contributed by atoms with Crippen molar-refractivity contribution in [1.29, 1.82) is 0 Å². The molecule has 0 unspecified atom stereocenters. The van der Waals surface area contributed by atoms with E-state index in [9.17, 15) is 26.4 Å². The molecule has 4 rings (SSSR count). The molecule has 34 heavy (non-hydrogen) atoms. The van der Waals surface area contributed by atoms with Gasteiger partial charge in [-0.3, -0.25) is 4.79 Å². The average molecular weight is 487 g/mol. The highest BCUT2D eigenvalue weighted by Crippen LogP contribution is 2.32. The topological polar surface area (TPSA) is 106 Å². The van der Waals surface area contributed by atoms with Gasteiger partial charge in [0, 0.05) is 41.7 Å². The summed E-state index contributed by atoms with van der Waals surface area (Å²) in [7, 11) is -3.98. The highest BCUT2D eigenvalue weighted by molar-refractivity contribution is 7.92. The van der Waals surface area contributed by atoms with Crippen LogP contribution in [0.1, 0.15) is 15.9 Å². The summed E-state index contributed by atoms with van der Waals surface area (Å²) in [5, 5.41) is 2.48. The van der Waals surface area contributed by atoms with E-state index >= 15 is 0 Å². The lowest BCUT2D eigenvalue weighted by atomic mass is 10.1. The van der Waals surface area contributed by atoms with Crippen molar-refractivity contribution in [2.75, 3.05) is 10.0 Å². The van der Waals surface area contributed by atoms with E-state index in [0.29, 0.717) is 0 Å². The van der Waals surface area contributed by atoms with Crippen LogP contribution in [0.4, 0.5) is 24.8 Å². The molecule has 12 heteroatoms. The minimum Gasteiger partial charge on any atom is -0.324 e. The Kier molecular flexibility index (Phi) is 6.07. The molecule has 0 aliphatic carbocycles. The Bertz CT molecular complexity index is 1410. The third-order valence-electron chi connectivity index (χ3n) is 4.62. The number of amides is 1. The minimum absolute atomic E-state index is 0.108. The smallest absolute Gasteiger partial charge is 0.324 e. The van der Waals surface area contributed by atoms with Gasteiger partial charge in [0.25, 0.3) is 15.9 Å². The molecule has 2 N–H and O–H groups in total. The highest BCUT2D eigenvalue weighted by Gasteiger charge is 2.32. The Hall–Kier alpha value is -4.19. The van der Waals surface area contributed by atoms with E-state index in [1.165, 1.54) is 53.4 Å². The number of hydrogen-bond donors (Lipinski definition) is 2. The van der Waals surface area contributed by atoms with Crippen LogP contribution in [0.5, 0.6) is 0 Å². The molecule has 0 spiro atoms. The van der Waals surface area contributed by atoms with Gasteiger partial charge in [0.05, 0.1) is 10.5 Å². The molecule has 8 nitrogen and oxygen atoms in total. The molecule has 4 aromatic rings. The van der Waals surface area contributed by atoms with Gasteiger partial charge in [-0.25, -0.2) is 23.1 Å². The van der Waals surface area contributed by atoms with Gasteiger partial charge in [-0.2, -0.15) is 13.2 Å². The van der Waals surface area contributed by atoms with E-state index in [0.717, 1.165) is 12.1 Å². The summed E-state index contributed by atoms with van der Waals surface area (Å²) in [6, 6.07) is 13.0. The summed E-state index contributed by atoms with van der Waals surface area (Å²) >= 11 is 0. The number of alkyl halides is 3. The molecule has 0 bridgehead atoms. The molecule has 0 radical (unpaired) electrons. The van der Waals surface area contributed by atoms with Gasteiger partial charge in [-0.05, 0) is 60.7 Å². The lowest BCUT2D eigenvalue weighted by Crippen LogP contribution is -2.16. The number of nitrogens with one attached hydrogen (secondary N) is 2. The van der Waals surface area contributed by atoms with Crippen molar-refractivity contribution in [3.05, 3.63) is 96.6 Å². The van der Waals surface area contributed by atoms with Gasteiger partial charge in [0.1, 0.15) is 0 Å². The Morgan fingerprint density at radius 3 is 2.18 bits per heavy atom. The first-order chi connectivity index (χ1) is 16.1. The van der Waals surface area contributed by atoms with E-state index in [4.69, 9.17) is 0 Å². The van der Waals surface area contributed by atoms with Crippen LogP contribution in [0.3, 0.4) is 0 Å². The van der Waals surface area contributed by atoms with Crippen molar-refractivity contribution >= 4 is 27.6 Å². The number of rotatable bonds is 6. The molecule has 1 amide bonds. The van der Waals surface area contributed by atoms with Gasteiger partial charge in [0.15, 0.2) is 0 Å². The molecule has 174 valence electrons. The van der Waals surface area contributed by atoms with E-state index in [-0.39, 0.29) is 27.8 Å². The number of anilines is 2. The van der Waals surface area contributed by atoms with Crippen LogP contribution in [0.15, 0.2) is 90.3 Å². The first-order valence-electron chi connectivity index (χ1n) is 9.69. The van der Waals surface area contributed by atoms with Gasteiger partial charge < -0.3 is 9.88 Å². The van der Waals surface area contributed by atoms with E-state index in [1.54, 1.807) is 24.5 Å². The van der Waals surface area contributed by atoms with Crippen molar-refractivity contribution in [3.8, 4) is 5.69 Å². The maximum absolute atomic E-state index is 13.4. The van der Waals surface area contributed by atoms with Gasteiger partial charge in [-0.1, -0.05) is 0 Å². The SMILES string of the molecule is O=C(Nc1ccc(S(=O)(=O)Nc2ncccn2)cc1)c1cc(-n2cccc2)cc(C(F)(F)F)c1. The zero-order chi connectivity index (χ0) is 24.3. The van der Waals surface area contributed by atoms with Crippen molar-refractivity contribution in [2.24, 2.45) is 0 Å². The number of benzene rings is 2. The van der Waals surface area contributed by atoms with Crippen LogP contribution in [0.25, 0.3) is 5.69 Å². The number of nitrogens with zero attached hydrogens (tertiary/aromatic N) is 3. The quantitative estimate of drug-likeness (QED) is 0.421. The highest BCUT2D eigenvalue weighted by atomic mass is 32.2. The average Bonchev–Trinajstić information content (AvgIpc) is 3.34. The molecule has 0 atom stereocenters. The number of sulfonamides is 1. The van der Waals surface area contributed by atoms with Crippen LogP contribution in [0, 0.1) is 0 Å². The maximum atomic E-state index is 13.4. The van der Waals surface area contributed by atoms with Gasteiger partial charge in [0.2, 0.25) is 5.95 Å². The van der Waals surface area contributed by atoms with Crippen molar-refractivity contribution in [2.45, 2.75) is 11.1 Å². The number of aromatic nitrogens is 3. The number of carbonyl (C=O) groups excluding carboxylic acids is 1. The van der Waals surface area contributed by atoms with Crippen molar-refractivity contribution < 1.29 is 26.4 Å². The summed E-state index contributed by atoms with van der Waals surface area (Å²) in [5.41, 5.74) is -0.821. The van der Waals surface area contributed by atoms with Crippen LogP contribution in [-0.4, -0.2) is 28.9 Å². The normalized spacial score (nSPS) is 11.7. The molecule has 0 saturated heterocycles. The third kappa shape index (κ3) is 5.23. The Balaban J connectivity index is 1.55. The van der Waals surface area contributed by atoms with Crippen molar-refractivity contribution in [1.82, 2.24) is 14.5 Å². The molecule has 0 fully saturated rings.